The number of nitrogens with two attached hydrogens (primary N) is 1. The summed E-state index contributed by atoms with van der Waals surface area (Å²) in [6.07, 6.45) is 6.25. The lowest BCUT2D eigenvalue weighted by molar-refractivity contribution is 0.316. The predicted molar refractivity (Wildman–Crippen MR) is 57.2 cm³/mol. The minimum atomic E-state index is 0.557. The minimum Gasteiger partial charge on any atom is -0.472 e. The molecule has 0 saturated carbocycles. The third-order valence-corrected chi connectivity index (χ3v) is 3.60. The molecule has 0 saturated heterocycles. The van der Waals surface area contributed by atoms with Crippen LogP contribution in [0.4, 0.5) is 0 Å². The average molecular weight is 193 g/mol. The van der Waals surface area contributed by atoms with E-state index in [-0.39, 0.29) is 0 Å². The first-order valence-electron chi connectivity index (χ1n) is 5.49. The van der Waals surface area contributed by atoms with E-state index in [9.17, 15) is 0 Å². The van der Waals surface area contributed by atoms with Crippen LogP contribution >= 0.6 is 0 Å². The van der Waals surface area contributed by atoms with E-state index in [2.05, 4.69) is 13.8 Å². The monoisotopic (exact) mass is 193 g/mol. The van der Waals surface area contributed by atoms with Crippen LogP contribution in [0, 0.1) is 11.8 Å². The lowest BCUT2D eigenvalue weighted by atomic mass is 9.72. The Hall–Kier alpha value is -0.760. The van der Waals surface area contributed by atoms with Gasteiger partial charge in [0, 0.05) is 0 Å². The van der Waals surface area contributed by atoms with Crippen LogP contribution < -0.4 is 5.73 Å². The van der Waals surface area contributed by atoms with Gasteiger partial charge in [0.1, 0.15) is 0 Å². The summed E-state index contributed by atoms with van der Waals surface area (Å²) >= 11 is 0. The smallest absolute Gasteiger partial charge is 0.0940 e. The summed E-state index contributed by atoms with van der Waals surface area (Å²) in [6.45, 7) is 5.33. The van der Waals surface area contributed by atoms with Gasteiger partial charge in [-0.3, -0.25) is 0 Å². The zero-order valence-electron chi connectivity index (χ0n) is 8.99. The quantitative estimate of drug-likeness (QED) is 0.784. The fraction of sp³-hybridized carbons (Fsp3) is 0.667. The molecule has 1 aliphatic rings. The Morgan fingerprint density at radius 3 is 3.07 bits per heavy atom. The largest absolute Gasteiger partial charge is 0.472 e. The lowest BCUT2D eigenvalue weighted by Gasteiger charge is -2.32. The molecule has 0 spiro atoms. The maximum Gasteiger partial charge on any atom is 0.0940 e. The van der Waals surface area contributed by atoms with Crippen molar-refractivity contribution in [2.75, 3.05) is 6.54 Å². The molecule has 3 unspecified atom stereocenters. The molecule has 2 rings (SSSR count). The second-order valence-corrected chi connectivity index (χ2v) is 4.61. The standard InChI is InChI=1S/C12H19NO/c1-8-3-4-10-6-14-7-11(10)12(8)9(2)5-13/h6-9,12H,3-5,13H2,1-2H3. The van der Waals surface area contributed by atoms with Crippen molar-refractivity contribution in [1.82, 2.24) is 0 Å². The van der Waals surface area contributed by atoms with E-state index in [0.717, 1.165) is 12.5 Å². The van der Waals surface area contributed by atoms with E-state index in [0.29, 0.717) is 11.8 Å². The van der Waals surface area contributed by atoms with Gasteiger partial charge in [0.05, 0.1) is 12.5 Å². The molecule has 2 heteroatoms. The molecule has 14 heavy (non-hydrogen) atoms. The van der Waals surface area contributed by atoms with Crippen LogP contribution in [0.2, 0.25) is 0 Å². The summed E-state index contributed by atoms with van der Waals surface area (Å²) in [6, 6.07) is 0. The number of hydrogen-bond acceptors (Lipinski definition) is 2. The van der Waals surface area contributed by atoms with Gasteiger partial charge >= 0.3 is 0 Å². The fourth-order valence-electron chi connectivity index (χ4n) is 2.71. The van der Waals surface area contributed by atoms with E-state index in [4.69, 9.17) is 10.2 Å². The van der Waals surface area contributed by atoms with Gasteiger partial charge in [-0.25, -0.2) is 0 Å². The zero-order valence-corrected chi connectivity index (χ0v) is 8.99. The summed E-state index contributed by atoms with van der Waals surface area (Å²) in [5.74, 6) is 1.89. The maximum absolute atomic E-state index is 5.76. The molecule has 1 heterocycles. The molecule has 1 aromatic heterocycles. The Bertz CT molecular complexity index is 305. The molecule has 3 atom stereocenters. The molecule has 0 amide bonds. The summed E-state index contributed by atoms with van der Waals surface area (Å²) in [7, 11) is 0. The predicted octanol–water partition coefficient (Wildman–Crippen LogP) is 2.54. The van der Waals surface area contributed by atoms with E-state index in [1.54, 1.807) is 0 Å². The number of aryl methyl sites for hydroxylation is 1. The van der Waals surface area contributed by atoms with Crippen molar-refractivity contribution in [2.24, 2.45) is 17.6 Å². The highest BCUT2D eigenvalue weighted by Gasteiger charge is 2.31. The second kappa shape index (κ2) is 3.77. The van der Waals surface area contributed by atoms with Gasteiger partial charge in [-0.2, -0.15) is 0 Å². The van der Waals surface area contributed by atoms with Gasteiger partial charge in [-0.15, -0.1) is 0 Å². The van der Waals surface area contributed by atoms with Crippen LogP contribution in [0.3, 0.4) is 0 Å². The molecule has 0 aliphatic heterocycles. The lowest BCUT2D eigenvalue weighted by Crippen LogP contribution is -2.27. The third kappa shape index (κ3) is 1.48. The molecular weight excluding hydrogens is 174 g/mol. The highest BCUT2D eigenvalue weighted by molar-refractivity contribution is 5.29. The van der Waals surface area contributed by atoms with Gasteiger partial charge in [-0.1, -0.05) is 13.8 Å². The number of hydrogen-bond donors (Lipinski definition) is 1. The van der Waals surface area contributed by atoms with Crippen LogP contribution in [0.1, 0.15) is 37.3 Å². The molecule has 78 valence electrons. The summed E-state index contributed by atoms with van der Waals surface area (Å²) in [5, 5.41) is 0. The van der Waals surface area contributed by atoms with E-state index in [1.165, 1.54) is 24.0 Å². The second-order valence-electron chi connectivity index (χ2n) is 4.61. The normalized spacial score (nSPS) is 28.5. The highest BCUT2D eigenvalue weighted by atomic mass is 16.3. The van der Waals surface area contributed by atoms with E-state index < -0.39 is 0 Å². The fourth-order valence-corrected chi connectivity index (χ4v) is 2.71. The number of fused-ring (bicyclic) bond motifs is 1. The molecule has 0 fully saturated rings. The van der Waals surface area contributed by atoms with Crippen LogP contribution in [-0.4, -0.2) is 6.54 Å². The molecular formula is C12H19NO. The van der Waals surface area contributed by atoms with Crippen LogP contribution in [0.25, 0.3) is 0 Å². The molecule has 0 aromatic carbocycles. The first-order chi connectivity index (χ1) is 6.74. The van der Waals surface area contributed by atoms with Crippen LogP contribution in [-0.2, 0) is 6.42 Å². The highest BCUT2D eigenvalue weighted by Crippen LogP contribution is 2.40. The van der Waals surface area contributed by atoms with Crippen molar-refractivity contribution in [3.05, 3.63) is 23.7 Å². The van der Waals surface area contributed by atoms with Crippen LogP contribution in [0.15, 0.2) is 16.9 Å². The number of furan rings is 1. The summed E-state index contributed by atoms with van der Waals surface area (Å²) in [4.78, 5) is 0. The molecule has 2 N–H and O–H groups in total. The topological polar surface area (TPSA) is 39.2 Å². The molecule has 1 aliphatic carbocycles. The Labute approximate surface area is 85.5 Å². The van der Waals surface area contributed by atoms with Gasteiger partial charge in [0.25, 0.3) is 0 Å². The molecule has 1 aromatic rings. The van der Waals surface area contributed by atoms with Gasteiger partial charge in [0.15, 0.2) is 0 Å². The average Bonchev–Trinajstić information content (AvgIpc) is 2.64. The van der Waals surface area contributed by atoms with Gasteiger partial charge < -0.3 is 10.2 Å². The molecule has 2 nitrogen and oxygen atoms in total. The van der Waals surface area contributed by atoms with Crippen molar-refractivity contribution < 1.29 is 4.42 Å². The Morgan fingerprint density at radius 1 is 1.57 bits per heavy atom. The first kappa shape index (κ1) is 9.78. The minimum absolute atomic E-state index is 0.557. The van der Waals surface area contributed by atoms with Crippen molar-refractivity contribution in [2.45, 2.75) is 32.6 Å². The summed E-state index contributed by atoms with van der Waals surface area (Å²) < 4.78 is 5.30. The van der Waals surface area contributed by atoms with Crippen LogP contribution in [0.5, 0.6) is 0 Å². The first-order valence-corrected chi connectivity index (χ1v) is 5.49. The van der Waals surface area contributed by atoms with Crippen molar-refractivity contribution in [3.63, 3.8) is 0 Å². The Balaban J connectivity index is 2.31. The van der Waals surface area contributed by atoms with Gasteiger partial charge in [0.2, 0.25) is 0 Å². The van der Waals surface area contributed by atoms with Crippen molar-refractivity contribution >= 4 is 0 Å². The molecule has 0 bridgehead atoms. The Morgan fingerprint density at radius 2 is 2.36 bits per heavy atom. The summed E-state index contributed by atoms with van der Waals surface area (Å²) in [5.41, 5.74) is 8.56. The molecule has 0 radical (unpaired) electrons. The Kier molecular flexibility index (Phi) is 2.64. The van der Waals surface area contributed by atoms with Gasteiger partial charge in [-0.05, 0) is 48.3 Å². The number of rotatable bonds is 2. The maximum atomic E-state index is 5.76. The van der Waals surface area contributed by atoms with E-state index >= 15 is 0 Å². The zero-order chi connectivity index (χ0) is 10.1. The van der Waals surface area contributed by atoms with Crippen molar-refractivity contribution in [3.8, 4) is 0 Å². The SMILES string of the molecule is CC(CN)C1c2cocc2CCC1C. The van der Waals surface area contributed by atoms with Crippen molar-refractivity contribution in [1.29, 1.82) is 0 Å². The third-order valence-electron chi connectivity index (χ3n) is 3.60. The van der Waals surface area contributed by atoms with E-state index in [1.807, 2.05) is 12.5 Å².